The molecular weight excluding hydrogens is 152 g/mol. The molecule has 32 valence electrons. The summed E-state index contributed by atoms with van der Waals surface area (Å²) in [6, 6.07) is 0. The Morgan fingerprint density at radius 3 is 1.71 bits per heavy atom. The van der Waals surface area contributed by atoms with E-state index >= 15 is 0 Å². The molecule has 0 saturated carbocycles. The zero-order valence-electron chi connectivity index (χ0n) is 3.85. The molecule has 0 aromatic heterocycles. The first-order chi connectivity index (χ1) is 1.91. The molecule has 0 saturated heterocycles. The zero-order chi connectivity index (χ0) is 3.41. The second-order valence-electron chi connectivity index (χ2n) is 0.322. The molecule has 0 atom stereocenters. The van der Waals surface area contributed by atoms with Gasteiger partial charge in [-0.15, -0.1) is 0 Å². The molecule has 0 aromatic carbocycles. The summed E-state index contributed by atoms with van der Waals surface area (Å²) in [6.07, 6.45) is 2.51. The van der Waals surface area contributed by atoms with Crippen LogP contribution in [-0.2, 0) is 30.6 Å². The number of rotatable bonds is 1. The molecular formula is C3H3AlOScSi-. The molecule has 1 nitrogen and oxygen atoms in total. The molecule has 0 aliphatic carbocycles. The topological polar surface area (TPSA) is 17.1 Å². The second-order valence-corrected chi connectivity index (χ2v) is 0.322. The quantitative estimate of drug-likeness (QED) is 0.284. The fourth-order valence-corrected chi connectivity index (χ4v) is 0. The molecule has 0 aliphatic rings. The van der Waals surface area contributed by atoms with Crippen LogP contribution in [0, 0.1) is 0 Å². The number of hydrogen-bond acceptors (Lipinski definition) is 1. The van der Waals surface area contributed by atoms with Crippen molar-refractivity contribution in [1.82, 2.24) is 0 Å². The van der Waals surface area contributed by atoms with Crippen molar-refractivity contribution < 1.29 is 30.6 Å². The third-order valence-electron chi connectivity index (χ3n) is 0.0833. The van der Waals surface area contributed by atoms with Crippen LogP contribution in [0.5, 0.6) is 0 Å². The standard InChI is InChI=1S/C3H3O.Al.Sc.Si/c1-2-3-4;;;/h2H,1H2;;;/q-1;;;. The SMILES string of the molecule is C=C[C-]=O.[Al].[Sc].[Si]. The molecule has 0 heterocycles. The average Bonchev–Trinajstić information content (AvgIpc) is 1.37. The summed E-state index contributed by atoms with van der Waals surface area (Å²) in [5, 5.41) is 0. The maximum atomic E-state index is 8.93. The second kappa shape index (κ2) is 27.8. The van der Waals surface area contributed by atoms with Gasteiger partial charge in [0.15, 0.2) is 0 Å². The van der Waals surface area contributed by atoms with Crippen molar-refractivity contribution in [2.75, 3.05) is 0 Å². The molecule has 0 N–H and O–H groups in total. The zero-order valence-corrected chi connectivity index (χ0v) is 7.81. The Hall–Kier alpha value is 1.03. The van der Waals surface area contributed by atoms with Crippen LogP contribution in [0.15, 0.2) is 12.7 Å². The Morgan fingerprint density at radius 1 is 1.57 bits per heavy atom. The van der Waals surface area contributed by atoms with Crippen molar-refractivity contribution in [3.05, 3.63) is 12.7 Å². The van der Waals surface area contributed by atoms with Crippen LogP contribution in [0.3, 0.4) is 0 Å². The van der Waals surface area contributed by atoms with E-state index in [-0.39, 0.29) is 54.2 Å². The van der Waals surface area contributed by atoms with Crippen LogP contribution in [0.25, 0.3) is 0 Å². The summed E-state index contributed by atoms with van der Waals surface area (Å²) in [5.41, 5.74) is 0. The number of allylic oxidation sites excluding steroid dienone is 1. The van der Waals surface area contributed by atoms with E-state index in [1.807, 2.05) is 0 Å². The Morgan fingerprint density at radius 2 is 1.71 bits per heavy atom. The van der Waals surface area contributed by atoms with Gasteiger partial charge >= 0.3 is 0 Å². The van der Waals surface area contributed by atoms with Crippen molar-refractivity contribution in [2.45, 2.75) is 0 Å². The average molecular weight is 155 g/mol. The van der Waals surface area contributed by atoms with Crippen LogP contribution >= 0.6 is 0 Å². The van der Waals surface area contributed by atoms with Gasteiger partial charge in [0.2, 0.25) is 0 Å². The van der Waals surface area contributed by atoms with Crippen LogP contribution in [0.1, 0.15) is 0 Å². The minimum Gasteiger partial charge on any atom is -0.419 e. The van der Waals surface area contributed by atoms with Gasteiger partial charge in [-0.25, -0.2) is 12.7 Å². The summed E-state index contributed by atoms with van der Waals surface area (Å²) in [6.45, 7) is 3.06. The maximum absolute atomic E-state index is 8.93. The molecule has 0 amide bonds. The van der Waals surface area contributed by atoms with Gasteiger partial charge < -0.3 is 4.79 Å². The smallest absolute Gasteiger partial charge is 0 e. The van der Waals surface area contributed by atoms with E-state index in [1.165, 1.54) is 6.29 Å². The normalized spacial score (nSPS) is 2.86. The van der Waals surface area contributed by atoms with Gasteiger partial charge in [0.05, 0.1) is 0 Å². The Kier molecular flexibility index (Phi) is 97.2. The van der Waals surface area contributed by atoms with Gasteiger partial charge in [0, 0.05) is 54.2 Å². The van der Waals surface area contributed by atoms with Crippen LogP contribution in [-0.4, -0.2) is 34.6 Å². The molecule has 8 radical (unpaired) electrons. The monoisotopic (exact) mass is 155 g/mol. The first-order valence-corrected chi connectivity index (χ1v) is 0.901. The molecule has 0 aliphatic heterocycles. The first-order valence-electron chi connectivity index (χ1n) is 0.901. The Balaban J connectivity index is -0.0000000150. The van der Waals surface area contributed by atoms with Gasteiger partial charge in [0.1, 0.15) is 0 Å². The van der Waals surface area contributed by atoms with Gasteiger partial charge in [-0.2, -0.15) is 0 Å². The third kappa shape index (κ3) is 43.2. The minimum atomic E-state index is 0. The van der Waals surface area contributed by atoms with Gasteiger partial charge in [-0.05, 0) is 6.29 Å². The van der Waals surface area contributed by atoms with Crippen LogP contribution in [0.4, 0.5) is 0 Å². The minimum absolute atomic E-state index is 0. The molecule has 0 bridgehead atoms. The number of carbonyl (C=O) groups excluding carboxylic acids is 1. The molecule has 0 aromatic rings. The van der Waals surface area contributed by atoms with E-state index in [0.29, 0.717) is 0 Å². The molecule has 0 spiro atoms. The molecule has 0 rings (SSSR count). The van der Waals surface area contributed by atoms with Crippen molar-refractivity contribution >= 4 is 34.6 Å². The van der Waals surface area contributed by atoms with E-state index in [4.69, 9.17) is 4.79 Å². The van der Waals surface area contributed by atoms with E-state index < -0.39 is 0 Å². The summed E-state index contributed by atoms with van der Waals surface area (Å²) < 4.78 is 0. The van der Waals surface area contributed by atoms with Crippen LogP contribution in [0.2, 0.25) is 0 Å². The molecule has 7 heavy (non-hydrogen) atoms. The molecule has 0 fully saturated rings. The molecule has 0 unspecified atom stereocenters. The van der Waals surface area contributed by atoms with Crippen molar-refractivity contribution in [3.8, 4) is 0 Å². The van der Waals surface area contributed by atoms with Crippen molar-refractivity contribution in [2.24, 2.45) is 0 Å². The first kappa shape index (κ1) is 24.4. The predicted octanol–water partition coefficient (Wildman–Crippen LogP) is -0.482. The Bertz CT molecular complexity index is 35.9. The summed E-state index contributed by atoms with van der Waals surface area (Å²) >= 11 is 0. The fourth-order valence-electron chi connectivity index (χ4n) is 0. The number of hydrogen-bond donors (Lipinski definition) is 0. The van der Waals surface area contributed by atoms with Crippen LogP contribution < -0.4 is 0 Å². The Labute approximate surface area is 77.5 Å². The van der Waals surface area contributed by atoms with E-state index in [9.17, 15) is 0 Å². The van der Waals surface area contributed by atoms with E-state index in [0.717, 1.165) is 6.08 Å². The largest absolute Gasteiger partial charge is 0.419 e. The summed E-state index contributed by atoms with van der Waals surface area (Å²) in [4.78, 5) is 8.93. The van der Waals surface area contributed by atoms with E-state index in [1.54, 1.807) is 0 Å². The molecule has 4 heteroatoms. The van der Waals surface area contributed by atoms with Gasteiger partial charge in [-0.3, -0.25) is 0 Å². The van der Waals surface area contributed by atoms with E-state index in [2.05, 4.69) is 6.58 Å². The summed E-state index contributed by atoms with van der Waals surface area (Å²) in [5.74, 6) is 0. The van der Waals surface area contributed by atoms with Gasteiger partial charge in [0.25, 0.3) is 0 Å². The predicted molar refractivity (Wildman–Crippen MR) is 27.4 cm³/mol. The van der Waals surface area contributed by atoms with Crippen molar-refractivity contribution in [1.29, 1.82) is 0 Å². The van der Waals surface area contributed by atoms with Gasteiger partial charge in [-0.1, -0.05) is 0 Å². The summed E-state index contributed by atoms with van der Waals surface area (Å²) in [7, 11) is 0. The fraction of sp³-hybridized carbons (Fsp3) is 0. The third-order valence-corrected chi connectivity index (χ3v) is 0.0833. The maximum Gasteiger partial charge on any atom is 0 e. The van der Waals surface area contributed by atoms with Crippen molar-refractivity contribution in [3.63, 3.8) is 0 Å².